The van der Waals surface area contributed by atoms with E-state index in [1.165, 1.54) is 6.42 Å². The normalized spacial score (nSPS) is 35.2. The molecule has 5 nitrogen and oxygen atoms in total. The molecule has 29 heavy (non-hydrogen) atoms. The summed E-state index contributed by atoms with van der Waals surface area (Å²) in [4.78, 5) is 8.54. The van der Waals surface area contributed by atoms with Crippen molar-refractivity contribution in [3.05, 3.63) is 22.8 Å². The van der Waals surface area contributed by atoms with Crippen molar-refractivity contribution in [2.75, 3.05) is 50.7 Å². The molecule has 5 rings (SSSR count). The van der Waals surface area contributed by atoms with E-state index >= 15 is 0 Å². The Morgan fingerprint density at radius 2 is 2.14 bits per heavy atom. The maximum Gasteiger partial charge on any atom is 0.417 e. The number of alkyl halides is 3. The summed E-state index contributed by atoms with van der Waals surface area (Å²) in [5.41, 5.74) is -0.733. The van der Waals surface area contributed by atoms with Crippen LogP contribution in [0.5, 0.6) is 0 Å². The number of anilines is 1. The van der Waals surface area contributed by atoms with Gasteiger partial charge in [0.1, 0.15) is 5.82 Å². The number of nitrogens with one attached hydrogen (secondary N) is 1. The standard InChI is InChI=1S/C20H26ClF3N4O/c21-16-8-13(20(22,23)24)9-26-18(16)28-5-1-4-27(6-7-28)11-14-15-10-25-12-19(15)3-2-17(14)29-19/h8-9,14-15,17,25H,1-7,10-12H2/t14-,15+,17+,19+/m0/s1. The van der Waals surface area contributed by atoms with E-state index in [0.29, 0.717) is 30.3 Å². The number of rotatable bonds is 3. The van der Waals surface area contributed by atoms with Crippen LogP contribution in [0, 0.1) is 11.8 Å². The van der Waals surface area contributed by atoms with Crippen molar-refractivity contribution in [1.29, 1.82) is 0 Å². The topological polar surface area (TPSA) is 40.6 Å². The number of halogens is 4. The lowest BCUT2D eigenvalue weighted by molar-refractivity contribution is -0.137. The van der Waals surface area contributed by atoms with Gasteiger partial charge in [0.05, 0.1) is 22.3 Å². The molecule has 4 saturated heterocycles. The predicted octanol–water partition coefficient (Wildman–Crippen LogP) is 3.03. The van der Waals surface area contributed by atoms with Crippen LogP contribution in [-0.2, 0) is 10.9 Å². The summed E-state index contributed by atoms with van der Waals surface area (Å²) in [6.07, 6.45) is 0.104. The van der Waals surface area contributed by atoms with Gasteiger partial charge in [0.15, 0.2) is 0 Å². The molecule has 5 heterocycles. The minimum absolute atomic E-state index is 0.0637. The van der Waals surface area contributed by atoms with Crippen LogP contribution in [0.1, 0.15) is 24.8 Å². The molecule has 9 heteroatoms. The molecule has 1 N–H and O–H groups in total. The number of nitrogens with zero attached hydrogens (tertiary/aromatic N) is 3. The van der Waals surface area contributed by atoms with Crippen LogP contribution in [0.2, 0.25) is 5.02 Å². The quantitative estimate of drug-likeness (QED) is 0.798. The molecule has 0 unspecified atom stereocenters. The number of fused-ring (bicyclic) bond motifs is 1. The third kappa shape index (κ3) is 3.52. The van der Waals surface area contributed by atoms with Crippen LogP contribution < -0.4 is 10.2 Å². The van der Waals surface area contributed by atoms with Crippen LogP contribution in [0.4, 0.5) is 19.0 Å². The Bertz CT molecular complexity index is 775. The molecule has 0 saturated carbocycles. The zero-order valence-corrected chi connectivity index (χ0v) is 17.0. The van der Waals surface area contributed by atoms with Gasteiger partial charge in [-0.3, -0.25) is 0 Å². The summed E-state index contributed by atoms with van der Waals surface area (Å²) < 4.78 is 45.0. The summed E-state index contributed by atoms with van der Waals surface area (Å²) in [5.74, 6) is 1.62. The van der Waals surface area contributed by atoms with Gasteiger partial charge in [-0.1, -0.05) is 11.6 Å². The fraction of sp³-hybridized carbons (Fsp3) is 0.750. The Balaban J connectivity index is 1.23. The van der Waals surface area contributed by atoms with E-state index < -0.39 is 11.7 Å². The molecule has 1 aromatic heterocycles. The van der Waals surface area contributed by atoms with E-state index in [1.54, 1.807) is 0 Å². The van der Waals surface area contributed by atoms with Gasteiger partial charge in [-0.25, -0.2) is 4.98 Å². The van der Waals surface area contributed by atoms with Gasteiger partial charge in [-0.15, -0.1) is 0 Å². The Hall–Kier alpha value is -1.09. The highest BCUT2D eigenvalue weighted by atomic mass is 35.5. The van der Waals surface area contributed by atoms with E-state index in [4.69, 9.17) is 16.3 Å². The van der Waals surface area contributed by atoms with Crippen molar-refractivity contribution < 1.29 is 17.9 Å². The molecule has 0 amide bonds. The van der Waals surface area contributed by atoms with Gasteiger partial charge in [-0.05, 0) is 31.9 Å². The predicted molar refractivity (Wildman–Crippen MR) is 104 cm³/mol. The second kappa shape index (κ2) is 7.25. The third-order valence-electron chi connectivity index (χ3n) is 7.20. The van der Waals surface area contributed by atoms with Crippen molar-refractivity contribution in [3.63, 3.8) is 0 Å². The average molecular weight is 431 g/mol. The van der Waals surface area contributed by atoms with E-state index in [9.17, 15) is 13.2 Å². The summed E-state index contributed by atoms with van der Waals surface area (Å²) in [6.45, 7) is 6.35. The smallest absolute Gasteiger partial charge is 0.370 e. The molecule has 1 aromatic rings. The molecule has 0 aromatic carbocycles. The summed E-state index contributed by atoms with van der Waals surface area (Å²) in [7, 11) is 0. The zero-order chi connectivity index (χ0) is 20.2. The van der Waals surface area contributed by atoms with Crippen LogP contribution in [0.15, 0.2) is 12.3 Å². The first-order valence-corrected chi connectivity index (χ1v) is 10.8. The van der Waals surface area contributed by atoms with E-state index in [2.05, 4.69) is 15.2 Å². The van der Waals surface area contributed by atoms with Gasteiger partial charge in [0.2, 0.25) is 0 Å². The molecule has 0 radical (unpaired) electrons. The van der Waals surface area contributed by atoms with Gasteiger partial charge < -0.3 is 19.9 Å². The van der Waals surface area contributed by atoms with Crippen molar-refractivity contribution >= 4 is 17.4 Å². The van der Waals surface area contributed by atoms with Crippen LogP contribution in [0.25, 0.3) is 0 Å². The molecule has 160 valence electrons. The van der Waals surface area contributed by atoms with Gasteiger partial charge in [0.25, 0.3) is 0 Å². The summed E-state index contributed by atoms with van der Waals surface area (Å²) in [6, 6.07) is 0.978. The number of hydrogen-bond acceptors (Lipinski definition) is 5. The average Bonchev–Trinajstić information content (AvgIpc) is 3.29. The summed E-state index contributed by atoms with van der Waals surface area (Å²) in [5, 5.41) is 3.58. The second-order valence-corrected chi connectivity index (χ2v) is 9.24. The SMILES string of the molecule is FC(F)(F)c1cnc(N2CCCN(C[C@H]3[C@H]4CNC[C@]45CC[C@H]3O5)CC2)c(Cl)c1. The molecule has 2 bridgehead atoms. The van der Waals surface area contributed by atoms with Crippen molar-refractivity contribution in [2.24, 2.45) is 11.8 Å². The second-order valence-electron chi connectivity index (χ2n) is 8.83. The zero-order valence-electron chi connectivity index (χ0n) is 16.2. The Labute approximate surface area is 173 Å². The number of aromatic nitrogens is 1. The van der Waals surface area contributed by atoms with Crippen molar-refractivity contribution in [1.82, 2.24) is 15.2 Å². The molecular weight excluding hydrogens is 405 g/mol. The molecule has 4 fully saturated rings. The van der Waals surface area contributed by atoms with Crippen LogP contribution >= 0.6 is 11.6 Å². The largest absolute Gasteiger partial charge is 0.417 e. The first-order chi connectivity index (χ1) is 13.9. The van der Waals surface area contributed by atoms with Crippen LogP contribution in [-0.4, -0.2) is 67.4 Å². The lowest BCUT2D eigenvalue weighted by atomic mass is 9.73. The minimum Gasteiger partial charge on any atom is -0.370 e. The first-order valence-electron chi connectivity index (χ1n) is 10.4. The fourth-order valence-electron chi connectivity index (χ4n) is 5.79. The van der Waals surface area contributed by atoms with E-state index in [1.807, 2.05) is 4.90 Å². The highest BCUT2D eigenvalue weighted by Gasteiger charge is 2.61. The van der Waals surface area contributed by atoms with Crippen molar-refractivity contribution in [3.8, 4) is 0 Å². The first kappa shape index (κ1) is 19.8. The summed E-state index contributed by atoms with van der Waals surface area (Å²) >= 11 is 6.16. The Morgan fingerprint density at radius 3 is 2.93 bits per heavy atom. The number of pyridine rings is 1. The van der Waals surface area contributed by atoms with Crippen LogP contribution in [0.3, 0.4) is 0 Å². The fourth-order valence-corrected chi connectivity index (χ4v) is 6.08. The molecule has 1 spiro atoms. The number of hydrogen-bond donors (Lipinski definition) is 1. The lowest BCUT2D eigenvalue weighted by Gasteiger charge is -2.33. The third-order valence-corrected chi connectivity index (χ3v) is 7.48. The monoisotopic (exact) mass is 430 g/mol. The minimum atomic E-state index is -4.43. The Morgan fingerprint density at radius 1 is 1.28 bits per heavy atom. The Kier molecular flexibility index (Phi) is 4.96. The molecule has 0 aliphatic carbocycles. The molecule has 4 atom stereocenters. The highest BCUT2D eigenvalue weighted by Crippen LogP contribution is 2.53. The lowest BCUT2D eigenvalue weighted by Crippen LogP contribution is -2.43. The van der Waals surface area contributed by atoms with Gasteiger partial charge in [0, 0.05) is 57.3 Å². The highest BCUT2D eigenvalue weighted by molar-refractivity contribution is 6.33. The molecular formula is C20H26ClF3N4O. The molecule has 4 aliphatic heterocycles. The van der Waals surface area contributed by atoms with Crippen molar-refractivity contribution in [2.45, 2.75) is 37.1 Å². The van der Waals surface area contributed by atoms with Gasteiger partial charge in [-0.2, -0.15) is 13.2 Å². The maximum absolute atomic E-state index is 12.9. The van der Waals surface area contributed by atoms with E-state index in [0.717, 1.165) is 64.4 Å². The maximum atomic E-state index is 12.9. The van der Waals surface area contributed by atoms with Gasteiger partial charge >= 0.3 is 6.18 Å². The number of ether oxygens (including phenoxy) is 1. The van der Waals surface area contributed by atoms with E-state index in [-0.39, 0.29) is 10.6 Å². The molecule has 4 aliphatic rings.